The average Bonchev–Trinajstić information content (AvgIpc) is 2.59. The van der Waals surface area contributed by atoms with Crippen LogP contribution in [-0.2, 0) is 26.8 Å². The molecular formula is C21H28N2O3S. The number of nitrogens with one attached hydrogen (secondary N) is 2. The maximum absolute atomic E-state index is 12.5. The molecule has 5 nitrogen and oxygen atoms in total. The number of benzene rings is 2. The summed E-state index contributed by atoms with van der Waals surface area (Å²) in [6.45, 7) is 10.1. The van der Waals surface area contributed by atoms with Crippen LogP contribution in [0, 0.1) is 6.92 Å². The molecule has 2 rings (SSSR count). The molecule has 0 bridgehead atoms. The van der Waals surface area contributed by atoms with E-state index in [9.17, 15) is 13.2 Å². The fourth-order valence-electron chi connectivity index (χ4n) is 2.63. The van der Waals surface area contributed by atoms with Crippen LogP contribution < -0.4 is 10.0 Å². The minimum absolute atomic E-state index is 0.0571. The predicted molar refractivity (Wildman–Crippen MR) is 108 cm³/mol. The number of carbonyl (C=O) groups is 1. The SMILES string of the molecule is Cc1ccccc1CNC(=O)[C@H](C)NS(=O)(=O)c1ccc(C(C)(C)C)cc1. The van der Waals surface area contributed by atoms with Crippen LogP contribution in [0.4, 0.5) is 0 Å². The molecule has 0 saturated heterocycles. The van der Waals surface area contributed by atoms with Gasteiger partial charge in [-0.1, -0.05) is 57.2 Å². The summed E-state index contributed by atoms with van der Waals surface area (Å²) in [7, 11) is -3.77. The molecule has 0 aliphatic rings. The van der Waals surface area contributed by atoms with Crippen molar-refractivity contribution in [2.75, 3.05) is 0 Å². The quantitative estimate of drug-likeness (QED) is 0.797. The molecule has 2 aromatic carbocycles. The average molecular weight is 389 g/mol. The number of hydrogen-bond donors (Lipinski definition) is 2. The summed E-state index contributed by atoms with van der Waals surface area (Å²) >= 11 is 0. The van der Waals surface area contributed by atoms with Gasteiger partial charge in [-0.15, -0.1) is 0 Å². The fourth-order valence-corrected chi connectivity index (χ4v) is 3.84. The number of hydrogen-bond acceptors (Lipinski definition) is 3. The van der Waals surface area contributed by atoms with Gasteiger partial charge in [0.25, 0.3) is 0 Å². The number of amides is 1. The van der Waals surface area contributed by atoms with Gasteiger partial charge < -0.3 is 5.32 Å². The Kier molecular flexibility index (Phi) is 6.44. The van der Waals surface area contributed by atoms with Crippen LogP contribution in [0.5, 0.6) is 0 Å². The van der Waals surface area contributed by atoms with Crippen molar-refractivity contribution >= 4 is 15.9 Å². The fraction of sp³-hybridized carbons (Fsp3) is 0.381. The zero-order chi connectivity index (χ0) is 20.2. The van der Waals surface area contributed by atoms with Crippen molar-refractivity contribution in [3.05, 3.63) is 65.2 Å². The Balaban J connectivity index is 2.01. The lowest BCUT2D eigenvalue weighted by Crippen LogP contribution is -2.44. The molecule has 0 fully saturated rings. The Hall–Kier alpha value is -2.18. The molecular weight excluding hydrogens is 360 g/mol. The molecule has 1 atom stereocenters. The lowest BCUT2D eigenvalue weighted by Gasteiger charge is -2.19. The molecule has 0 radical (unpaired) electrons. The van der Waals surface area contributed by atoms with Crippen LogP contribution in [0.1, 0.15) is 44.4 Å². The Morgan fingerprint density at radius 1 is 1.04 bits per heavy atom. The highest BCUT2D eigenvalue weighted by Gasteiger charge is 2.23. The first-order valence-electron chi connectivity index (χ1n) is 8.96. The molecule has 2 N–H and O–H groups in total. The van der Waals surface area contributed by atoms with E-state index in [1.807, 2.05) is 31.2 Å². The number of sulfonamides is 1. The second kappa shape index (κ2) is 8.23. The van der Waals surface area contributed by atoms with E-state index in [1.54, 1.807) is 24.3 Å². The number of aryl methyl sites for hydroxylation is 1. The summed E-state index contributed by atoms with van der Waals surface area (Å²) in [5.74, 6) is -0.367. The van der Waals surface area contributed by atoms with Crippen molar-refractivity contribution in [2.24, 2.45) is 0 Å². The summed E-state index contributed by atoms with van der Waals surface area (Å²) < 4.78 is 27.5. The van der Waals surface area contributed by atoms with Gasteiger partial charge in [0.15, 0.2) is 0 Å². The Morgan fingerprint density at radius 2 is 1.63 bits per heavy atom. The topological polar surface area (TPSA) is 75.3 Å². The van der Waals surface area contributed by atoms with Gasteiger partial charge >= 0.3 is 0 Å². The predicted octanol–water partition coefficient (Wildman–Crippen LogP) is 3.28. The highest BCUT2D eigenvalue weighted by Crippen LogP contribution is 2.23. The van der Waals surface area contributed by atoms with E-state index >= 15 is 0 Å². The lowest BCUT2D eigenvalue weighted by molar-refractivity contribution is -0.122. The van der Waals surface area contributed by atoms with Crippen LogP contribution in [0.2, 0.25) is 0 Å². The van der Waals surface area contributed by atoms with Crippen molar-refractivity contribution < 1.29 is 13.2 Å². The molecule has 0 aromatic heterocycles. The zero-order valence-electron chi connectivity index (χ0n) is 16.5. The molecule has 0 saturated carbocycles. The summed E-state index contributed by atoms with van der Waals surface area (Å²) in [4.78, 5) is 12.4. The lowest BCUT2D eigenvalue weighted by atomic mass is 9.87. The van der Waals surface area contributed by atoms with E-state index < -0.39 is 16.1 Å². The normalized spacial score (nSPS) is 13.2. The largest absolute Gasteiger partial charge is 0.351 e. The van der Waals surface area contributed by atoms with Crippen molar-refractivity contribution in [3.8, 4) is 0 Å². The first-order valence-corrected chi connectivity index (χ1v) is 10.4. The van der Waals surface area contributed by atoms with Crippen LogP contribution in [0.3, 0.4) is 0 Å². The van der Waals surface area contributed by atoms with Gasteiger partial charge in [-0.2, -0.15) is 4.72 Å². The van der Waals surface area contributed by atoms with Crippen molar-refractivity contribution in [1.82, 2.24) is 10.0 Å². The number of rotatable bonds is 6. The van der Waals surface area contributed by atoms with Crippen molar-refractivity contribution in [2.45, 2.75) is 57.5 Å². The molecule has 0 aliphatic carbocycles. The van der Waals surface area contributed by atoms with Crippen LogP contribution >= 0.6 is 0 Å². The second-order valence-corrected chi connectivity index (χ2v) is 9.48. The minimum atomic E-state index is -3.77. The maximum Gasteiger partial charge on any atom is 0.241 e. The van der Waals surface area contributed by atoms with Crippen LogP contribution in [-0.4, -0.2) is 20.4 Å². The van der Waals surface area contributed by atoms with Crippen molar-refractivity contribution in [1.29, 1.82) is 0 Å². The summed E-state index contributed by atoms with van der Waals surface area (Å²) in [6, 6.07) is 13.6. The molecule has 0 unspecified atom stereocenters. The first-order chi connectivity index (χ1) is 12.5. The van der Waals surface area contributed by atoms with Gasteiger partial charge in [-0.3, -0.25) is 4.79 Å². The van der Waals surface area contributed by atoms with Gasteiger partial charge in [0.2, 0.25) is 15.9 Å². The Bertz CT molecular complexity index is 898. The minimum Gasteiger partial charge on any atom is -0.351 e. The van der Waals surface area contributed by atoms with Gasteiger partial charge in [0, 0.05) is 6.54 Å². The van der Waals surface area contributed by atoms with E-state index in [1.165, 1.54) is 6.92 Å². The third kappa shape index (κ3) is 5.65. The summed E-state index contributed by atoms with van der Waals surface area (Å²) in [5.41, 5.74) is 3.06. The smallest absolute Gasteiger partial charge is 0.241 e. The number of carbonyl (C=O) groups excluding carboxylic acids is 1. The molecule has 0 spiro atoms. The molecule has 6 heteroatoms. The summed E-state index contributed by atoms with van der Waals surface area (Å²) in [6.07, 6.45) is 0. The standard InChI is InChI=1S/C21H28N2O3S/c1-15-8-6-7-9-17(15)14-22-20(24)16(2)23-27(25,26)19-12-10-18(11-13-19)21(3,4)5/h6-13,16,23H,14H2,1-5H3,(H,22,24)/t16-/m0/s1. The highest BCUT2D eigenvalue weighted by atomic mass is 32.2. The van der Waals surface area contributed by atoms with Crippen LogP contribution in [0.25, 0.3) is 0 Å². The van der Waals surface area contributed by atoms with E-state index in [0.29, 0.717) is 6.54 Å². The van der Waals surface area contributed by atoms with Gasteiger partial charge in [0.05, 0.1) is 10.9 Å². The third-order valence-electron chi connectivity index (χ3n) is 4.47. The maximum atomic E-state index is 12.5. The molecule has 146 valence electrons. The van der Waals surface area contributed by atoms with Gasteiger partial charge in [-0.05, 0) is 48.1 Å². The molecule has 2 aromatic rings. The van der Waals surface area contributed by atoms with E-state index in [0.717, 1.165) is 16.7 Å². The molecule has 0 aliphatic heterocycles. The van der Waals surface area contributed by atoms with E-state index in [-0.39, 0.29) is 16.2 Å². The summed E-state index contributed by atoms with van der Waals surface area (Å²) in [5, 5.41) is 2.78. The van der Waals surface area contributed by atoms with E-state index in [2.05, 4.69) is 30.8 Å². The second-order valence-electron chi connectivity index (χ2n) is 7.76. The van der Waals surface area contributed by atoms with Gasteiger partial charge in [0.1, 0.15) is 0 Å². The van der Waals surface area contributed by atoms with E-state index in [4.69, 9.17) is 0 Å². The zero-order valence-corrected chi connectivity index (χ0v) is 17.4. The van der Waals surface area contributed by atoms with Crippen molar-refractivity contribution in [3.63, 3.8) is 0 Å². The van der Waals surface area contributed by atoms with Gasteiger partial charge in [-0.25, -0.2) is 8.42 Å². The molecule has 27 heavy (non-hydrogen) atoms. The molecule has 0 heterocycles. The van der Waals surface area contributed by atoms with Crippen LogP contribution in [0.15, 0.2) is 53.4 Å². The highest BCUT2D eigenvalue weighted by molar-refractivity contribution is 7.89. The Morgan fingerprint density at radius 3 is 2.19 bits per heavy atom. The monoisotopic (exact) mass is 388 g/mol. The Labute approximate surface area is 162 Å². The molecule has 1 amide bonds. The third-order valence-corrected chi connectivity index (χ3v) is 6.03. The first kappa shape index (κ1) is 21.1.